The highest BCUT2D eigenvalue weighted by molar-refractivity contribution is 5.92. The number of hydrogen-bond donors (Lipinski definition) is 6. The summed E-state index contributed by atoms with van der Waals surface area (Å²) in [7, 11) is 0. The fourth-order valence-corrected chi connectivity index (χ4v) is 4.37. The zero-order valence-corrected chi connectivity index (χ0v) is 24.7. The van der Waals surface area contributed by atoms with Crippen molar-refractivity contribution in [2.24, 2.45) is 16.5 Å². The summed E-state index contributed by atoms with van der Waals surface area (Å²) in [6, 6.07) is -0.622. The molecule has 8 N–H and O–H groups in total. The van der Waals surface area contributed by atoms with Crippen LogP contribution >= 0.6 is 0 Å². The van der Waals surface area contributed by atoms with E-state index in [4.69, 9.17) is 21.3 Å². The molecule has 1 aliphatic heterocycles. The van der Waals surface area contributed by atoms with Crippen molar-refractivity contribution >= 4 is 23.9 Å². The Morgan fingerprint density at radius 2 is 1.62 bits per heavy atom. The molecule has 2 amide bonds. The lowest BCUT2D eigenvalue weighted by atomic mass is 10.0. The van der Waals surface area contributed by atoms with Crippen LogP contribution in [-0.4, -0.2) is 88.6 Å². The third-order valence-corrected chi connectivity index (χ3v) is 6.72. The van der Waals surface area contributed by atoms with Crippen molar-refractivity contribution in [3.8, 4) is 0 Å². The third-order valence-electron chi connectivity index (χ3n) is 6.72. The zero-order chi connectivity index (χ0) is 30.2. The molecule has 0 saturated carbocycles. The Bertz CT molecular complexity index is 717. The molecule has 0 spiro atoms. The first-order chi connectivity index (χ1) is 19.1. The Kier molecular flexibility index (Phi) is 22.9. The fourth-order valence-electron chi connectivity index (χ4n) is 4.37. The maximum atomic E-state index is 11.3. The number of nitrogens with one attached hydrogen (secondary N) is 1. The van der Waals surface area contributed by atoms with E-state index in [0.29, 0.717) is 58.3 Å². The predicted octanol–water partition coefficient (Wildman–Crippen LogP) is 3.45. The summed E-state index contributed by atoms with van der Waals surface area (Å²) < 4.78 is 5.86. The van der Waals surface area contributed by atoms with Gasteiger partial charge in [-0.2, -0.15) is 0 Å². The molecule has 1 heterocycles. The van der Waals surface area contributed by atoms with Gasteiger partial charge in [-0.1, -0.05) is 64.7 Å². The number of nitrogens with zero attached hydrogens (tertiary/aromatic N) is 2. The number of aliphatic hydroxyl groups excluding tert-OH is 1. The number of ether oxygens (including phenoxy) is 1. The first kappa shape index (κ1) is 37.6. The Morgan fingerprint density at radius 3 is 2.10 bits per heavy atom. The second-order valence-electron chi connectivity index (χ2n) is 10.3. The number of imide groups is 1. The van der Waals surface area contributed by atoms with Gasteiger partial charge < -0.3 is 36.8 Å². The third kappa shape index (κ3) is 20.5. The summed E-state index contributed by atoms with van der Waals surface area (Å²) in [5, 5.41) is 30.6. The maximum Gasteiger partial charge on any atom is 0.414 e. The average Bonchev–Trinajstić information content (AvgIpc) is 3.33. The summed E-state index contributed by atoms with van der Waals surface area (Å²) in [6.07, 6.45) is 13.4. The molecule has 2 unspecified atom stereocenters. The van der Waals surface area contributed by atoms with Crippen LogP contribution in [0.2, 0.25) is 0 Å². The van der Waals surface area contributed by atoms with E-state index in [1.165, 1.54) is 51.4 Å². The van der Waals surface area contributed by atoms with E-state index in [2.05, 4.69) is 17.2 Å². The van der Waals surface area contributed by atoms with Gasteiger partial charge in [-0.15, -0.1) is 0 Å². The molecular weight excluding hydrogens is 518 g/mol. The zero-order valence-electron chi connectivity index (χ0n) is 24.7. The quantitative estimate of drug-likeness (QED) is 0.0633. The number of aliphatic carboxylic acids is 1. The van der Waals surface area contributed by atoms with Crippen molar-refractivity contribution in [2.75, 3.05) is 26.2 Å². The number of carbonyl (C=O) groups is 3. The SMILES string of the molecule is CCCCCCCCCCCC(OCCCN[C@@H](CCCN=C(N)N)C(=O)O)C(C)O.O=C(O)N1CCCC1=O. The molecule has 3 atom stereocenters. The Morgan fingerprint density at radius 1 is 1.00 bits per heavy atom. The van der Waals surface area contributed by atoms with Gasteiger partial charge in [-0.25, -0.2) is 9.69 Å². The largest absolute Gasteiger partial charge is 0.480 e. The van der Waals surface area contributed by atoms with Gasteiger partial charge in [-0.3, -0.25) is 14.6 Å². The molecule has 0 radical (unpaired) electrons. The lowest BCUT2D eigenvalue weighted by Gasteiger charge is -2.21. The van der Waals surface area contributed by atoms with Gasteiger partial charge in [-0.05, 0) is 45.6 Å². The van der Waals surface area contributed by atoms with Gasteiger partial charge in [0.25, 0.3) is 0 Å². The molecule has 0 aliphatic carbocycles. The number of aliphatic hydroxyl groups is 1. The molecule has 1 fully saturated rings. The number of rotatable bonds is 22. The number of amides is 2. The number of carboxylic acids is 1. The van der Waals surface area contributed by atoms with E-state index in [-0.39, 0.29) is 18.0 Å². The van der Waals surface area contributed by atoms with Crippen molar-refractivity contribution < 1.29 is 34.4 Å². The van der Waals surface area contributed by atoms with Gasteiger partial charge in [0.15, 0.2) is 5.96 Å². The van der Waals surface area contributed by atoms with Crippen molar-refractivity contribution in [3.05, 3.63) is 0 Å². The van der Waals surface area contributed by atoms with Crippen LogP contribution < -0.4 is 16.8 Å². The Balaban J connectivity index is 0.00000141. The van der Waals surface area contributed by atoms with Crippen LogP contribution in [0.3, 0.4) is 0 Å². The summed E-state index contributed by atoms with van der Waals surface area (Å²) in [6.45, 7) is 5.85. The van der Waals surface area contributed by atoms with Gasteiger partial charge >= 0.3 is 12.1 Å². The number of hydrogen-bond acceptors (Lipinski definition) is 7. The highest BCUT2D eigenvalue weighted by atomic mass is 16.5. The van der Waals surface area contributed by atoms with Gasteiger partial charge in [0.1, 0.15) is 6.04 Å². The summed E-state index contributed by atoms with van der Waals surface area (Å²) in [5.41, 5.74) is 10.5. The van der Waals surface area contributed by atoms with E-state index in [0.717, 1.165) is 17.7 Å². The van der Waals surface area contributed by atoms with Crippen LogP contribution in [0.1, 0.15) is 110 Å². The van der Waals surface area contributed by atoms with Crippen molar-refractivity contribution in [2.45, 2.75) is 128 Å². The van der Waals surface area contributed by atoms with Crippen LogP contribution in [0, 0.1) is 0 Å². The monoisotopic (exact) mass is 573 g/mol. The van der Waals surface area contributed by atoms with Gasteiger partial charge in [0.05, 0.1) is 12.2 Å². The number of likely N-dealkylation sites (tertiary alicyclic amines) is 1. The molecule has 0 bridgehead atoms. The van der Waals surface area contributed by atoms with Gasteiger partial charge in [0, 0.05) is 26.1 Å². The summed E-state index contributed by atoms with van der Waals surface area (Å²) in [5.74, 6) is -1.13. The highest BCUT2D eigenvalue weighted by Crippen LogP contribution is 2.14. The van der Waals surface area contributed by atoms with E-state index in [1.807, 2.05) is 0 Å². The van der Waals surface area contributed by atoms with Crippen LogP contribution in [0.25, 0.3) is 0 Å². The molecular formula is C28H55N5O7. The molecule has 1 rings (SSSR count). The van der Waals surface area contributed by atoms with Crippen molar-refractivity contribution in [1.29, 1.82) is 0 Å². The number of nitrogens with two attached hydrogens (primary N) is 2. The second-order valence-corrected chi connectivity index (χ2v) is 10.3. The number of guanidine groups is 1. The van der Waals surface area contributed by atoms with E-state index in [1.54, 1.807) is 6.92 Å². The summed E-state index contributed by atoms with van der Waals surface area (Å²) in [4.78, 5) is 36.7. The normalized spacial score (nSPS) is 15.2. The number of carboxylic acid groups (broad SMARTS) is 2. The standard InChI is InChI=1S/C23H48N4O4.C5H7NO3/c1-3-4-5-6-7-8-9-10-11-15-21(19(2)28)31-18-13-17-26-20(22(29)30)14-12-16-27-23(24)25;7-4-2-1-3-6(4)5(8)9/h19-21,26,28H,3-18H2,1-2H3,(H,29,30)(H4,24,25,27);1-3H2,(H,8,9)/t19?,20-,21?;/m0./s1. The van der Waals surface area contributed by atoms with Crippen molar-refractivity contribution in [1.82, 2.24) is 10.2 Å². The first-order valence-corrected chi connectivity index (χ1v) is 14.9. The summed E-state index contributed by atoms with van der Waals surface area (Å²) >= 11 is 0. The van der Waals surface area contributed by atoms with Crippen LogP contribution in [-0.2, 0) is 14.3 Å². The molecule has 40 heavy (non-hydrogen) atoms. The Hall–Kier alpha value is -2.44. The molecule has 0 aromatic heterocycles. The van der Waals surface area contributed by atoms with Crippen LogP contribution in [0.5, 0.6) is 0 Å². The lowest BCUT2D eigenvalue weighted by molar-refractivity contribution is -0.139. The smallest absolute Gasteiger partial charge is 0.414 e. The van der Waals surface area contributed by atoms with Crippen LogP contribution in [0.15, 0.2) is 4.99 Å². The second kappa shape index (κ2) is 24.4. The van der Waals surface area contributed by atoms with Crippen LogP contribution in [0.4, 0.5) is 4.79 Å². The molecule has 1 saturated heterocycles. The minimum Gasteiger partial charge on any atom is -0.480 e. The maximum absolute atomic E-state index is 11.3. The minimum absolute atomic E-state index is 0.0204. The predicted molar refractivity (Wildman–Crippen MR) is 156 cm³/mol. The minimum atomic E-state index is -1.13. The average molecular weight is 574 g/mol. The molecule has 12 heteroatoms. The fraction of sp³-hybridized carbons (Fsp3) is 0.857. The van der Waals surface area contributed by atoms with E-state index in [9.17, 15) is 24.6 Å². The highest BCUT2D eigenvalue weighted by Gasteiger charge is 2.25. The molecule has 0 aromatic carbocycles. The topological polar surface area (TPSA) is 201 Å². The Labute approximate surface area is 239 Å². The lowest BCUT2D eigenvalue weighted by Crippen LogP contribution is -2.38. The number of carbonyl (C=O) groups excluding carboxylic acids is 1. The van der Waals surface area contributed by atoms with E-state index < -0.39 is 24.2 Å². The van der Waals surface area contributed by atoms with E-state index >= 15 is 0 Å². The molecule has 0 aromatic rings. The molecule has 1 aliphatic rings. The molecule has 12 nitrogen and oxygen atoms in total. The first-order valence-electron chi connectivity index (χ1n) is 14.9. The number of unbranched alkanes of at least 4 members (excludes halogenated alkanes) is 8. The number of aliphatic imine (C=N–C) groups is 1. The van der Waals surface area contributed by atoms with Gasteiger partial charge in [0.2, 0.25) is 5.91 Å². The van der Waals surface area contributed by atoms with Crippen molar-refractivity contribution in [3.63, 3.8) is 0 Å². The molecule has 234 valence electrons.